The van der Waals surface area contributed by atoms with Gasteiger partial charge in [-0.15, -0.1) is 11.3 Å². The van der Waals surface area contributed by atoms with Crippen LogP contribution in [0.4, 0.5) is 0 Å². The van der Waals surface area contributed by atoms with Crippen molar-refractivity contribution < 1.29 is 4.79 Å². The molecule has 0 bridgehead atoms. The number of aromatic nitrogens is 1. The van der Waals surface area contributed by atoms with E-state index in [0.29, 0.717) is 16.5 Å². The maximum Gasteiger partial charge on any atom is 0.157 e. The fraction of sp³-hybridized carbons (Fsp3) is 0.250. The first-order chi connectivity index (χ1) is 12.2. The van der Waals surface area contributed by atoms with Gasteiger partial charge in [0.25, 0.3) is 0 Å². The van der Waals surface area contributed by atoms with Crippen LogP contribution in [-0.2, 0) is 11.2 Å². The molecule has 0 aliphatic heterocycles. The number of carbonyl (C=O) groups is 1. The van der Waals surface area contributed by atoms with Gasteiger partial charge in [0, 0.05) is 11.4 Å². The lowest BCUT2D eigenvalue weighted by molar-refractivity contribution is -0.119. The topological polar surface area (TPSA) is 53.8 Å². The van der Waals surface area contributed by atoms with Crippen LogP contribution < -0.4 is 0 Å². The van der Waals surface area contributed by atoms with Crippen molar-refractivity contribution in [2.24, 2.45) is 0 Å². The molecule has 0 fully saturated rings. The molecule has 0 radical (unpaired) electrons. The van der Waals surface area contributed by atoms with Crippen LogP contribution in [0.3, 0.4) is 0 Å². The highest BCUT2D eigenvalue weighted by Crippen LogP contribution is 2.37. The minimum atomic E-state index is -0.802. The summed E-state index contributed by atoms with van der Waals surface area (Å²) in [5.41, 5.74) is 3.32. The smallest absolute Gasteiger partial charge is 0.157 e. The summed E-state index contributed by atoms with van der Waals surface area (Å²) < 4.78 is 0.943. The van der Waals surface area contributed by atoms with Gasteiger partial charge in [0.1, 0.15) is 5.01 Å². The molecule has 2 aromatic carbocycles. The lowest BCUT2D eigenvalue weighted by atomic mass is 9.91. The monoisotopic (exact) mass is 366 g/mol. The van der Waals surface area contributed by atoms with E-state index in [1.54, 1.807) is 12.1 Å². The Bertz CT molecular complexity index is 1000. The number of nitriles is 1. The average molecular weight is 367 g/mol. The van der Waals surface area contributed by atoms with Crippen molar-refractivity contribution in [1.82, 2.24) is 4.98 Å². The highest BCUT2D eigenvalue weighted by atomic mass is 35.5. The first-order valence-corrected chi connectivity index (χ1v) is 9.41. The van der Waals surface area contributed by atoms with Crippen LogP contribution >= 0.6 is 22.9 Å². The van der Waals surface area contributed by atoms with Gasteiger partial charge in [0.15, 0.2) is 11.7 Å². The van der Waals surface area contributed by atoms with Gasteiger partial charge in [0.2, 0.25) is 0 Å². The van der Waals surface area contributed by atoms with Gasteiger partial charge < -0.3 is 0 Å². The van der Waals surface area contributed by atoms with Crippen LogP contribution in [0.5, 0.6) is 0 Å². The number of aryl methyl sites for hydroxylation is 1. The Hall–Kier alpha value is -2.22. The van der Waals surface area contributed by atoms with Gasteiger partial charge >= 0.3 is 0 Å². The van der Waals surface area contributed by atoms with Crippen LogP contribution in [-0.4, -0.2) is 10.8 Å². The Morgan fingerprint density at radius 3 is 3.04 bits per heavy atom. The number of hydrogen-bond donors (Lipinski definition) is 0. The van der Waals surface area contributed by atoms with Crippen LogP contribution in [0.25, 0.3) is 10.2 Å². The fourth-order valence-electron chi connectivity index (χ4n) is 3.52. The second-order valence-electron chi connectivity index (χ2n) is 6.33. The fourth-order valence-corrected chi connectivity index (χ4v) is 4.71. The number of nitrogens with zero attached hydrogens (tertiary/aromatic N) is 2. The number of hydrogen-bond acceptors (Lipinski definition) is 4. The minimum Gasteiger partial charge on any atom is -0.298 e. The van der Waals surface area contributed by atoms with Crippen molar-refractivity contribution in [3.63, 3.8) is 0 Å². The quantitative estimate of drug-likeness (QED) is 0.634. The first-order valence-electron chi connectivity index (χ1n) is 8.22. The van der Waals surface area contributed by atoms with Crippen molar-refractivity contribution in [2.75, 3.05) is 0 Å². The Labute approximate surface area is 154 Å². The minimum absolute atomic E-state index is 0.0469. The summed E-state index contributed by atoms with van der Waals surface area (Å²) in [6, 6.07) is 15.9. The van der Waals surface area contributed by atoms with E-state index in [2.05, 4.69) is 23.2 Å². The lowest BCUT2D eigenvalue weighted by Gasteiger charge is -2.12. The Morgan fingerprint density at radius 1 is 1.36 bits per heavy atom. The molecule has 4 rings (SSSR count). The zero-order valence-electron chi connectivity index (χ0n) is 13.4. The van der Waals surface area contributed by atoms with E-state index in [1.165, 1.54) is 22.5 Å². The molecule has 1 aromatic heterocycles. The van der Waals surface area contributed by atoms with Gasteiger partial charge in [-0.3, -0.25) is 4.79 Å². The number of thiazole rings is 1. The van der Waals surface area contributed by atoms with E-state index >= 15 is 0 Å². The second-order valence-corrected chi connectivity index (χ2v) is 7.83. The van der Waals surface area contributed by atoms with E-state index in [0.717, 1.165) is 23.1 Å². The van der Waals surface area contributed by atoms with E-state index in [1.807, 2.05) is 18.2 Å². The van der Waals surface area contributed by atoms with E-state index < -0.39 is 5.92 Å². The molecular formula is C20H15ClN2OS. The predicted octanol–water partition coefficient (Wildman–Crippen LogP) is 5.25. The number of Topliss-reactive ketones (excluding diaryl/α,β-unsaturated/α-hetero) is 1. The Kier molecular flexibility index (Phi) is 4.29. The van der Waals surface area contributed by atoms with E-state index in [4.69, 9.17) is 11.6 Å². The molecule has 2 unspecified atom stereocenters. The van der Waals surface area contributed by atoms with Crippen LogP contribution in [0.2, 0.25) is 5.02 Å². The van der Waals surface area contributed by atoms with Crippen molar-refractivity contribution in [3.8, 4) is 6.07 Å². The van der Waals surface area contributed by atoms with Crippen molar-refractivity contribution in [1.29, 1.82) is 5.26 Å². The third-order valence-electron chi connectivity index (χ3n) is 4.77. The average Bonchev–Trinajstić information content (AvgIpc) is 3.19. The normalized spacial score (nSPS) is 17.2. The molecule has 3 nitrogen and oxygen atoms in total. The molecule has 1 heterocycles. The molecule has 5 heteroatoms. The maximum absolute atomic E-state index is 12.8. The number of fused-ring (bicyclic) bond motifs is 2. The van der Waals surface area contributed by atoms with E-state index in [-0.39, 0.29) is 11.7 Å². The summed E-state index contributed by atoms with van der Waals surface area (Å²) in [5.74, 6) is -0.637. The predicted molar refractivity (Wildman–Crippen MR) is 100 cm³/mol. The molecule has 0 amide bonds. The zero-order chi connectivity index (χ0) is 17.4. The van der Waals surface area contributed by atoms with Crippen molar-refractivity contribution in [3.05, 3.63) is 63.6 Å². The molecule has 1 aliphatic carbocycles. The van der Waals surface area contributed by atoms with Crippen LogP contribution in [0.15, 0.2) is 42.5 Å². The lowest BCUT2D eigenvalue weighted by Crippen LogP contribution is -2.13. The largest absolute Gasteiger partial charge is 0.298 e. The first kappa shape index (κ1) is 16.3. The molecule has 1 aliphatic rings. The van der Waals surface area contributed by atoms with Gasteiger partial charge in [-0.05, 0) is 48.1 Å². The molecule has 2 atom stereocenters. The highest BCUT2D eigenvalue weighted by Gasteiger charge is 2.30. The standard InChI is InChI=1S/C20H15ClN2OS/c21-14-7-8-19-17(10-14)23-20(25-19)16(11-22)18(24)9-13-6-5-12-3-1-2-4-15(12)13/h1-4,7-8,10,13,16H,5-6,9H2. The summed E-state index contributed by atoms with van der Waals surface area (Å²) in [5, 5.41) is 10.7. The molecule has 0 spiro atoms. The second kappa shape index (κ2) is 6.59. The number of carbonyl (C=O) groups excluding carboxylic acids is 1. The summed E-state index contributed by atoms with van der Waals surface area (Å²) in [4.78, 5) is 17.3. The molecule has 124 valence electrons. The van der Waals surface area contributed by atoms with E-state index in [9.17, 15) is 10.1 Å². The summed E-state index contributed by atoms with van der Waals surface area (Å²) >= 11 is 7.40. The molecule has 0 saturated heterocycles. The molecule has 0 N–H and O–H groups in total. The maximum atomic E-state index is 12.8. The third kappa shape index (κ3) is 3.06. The number of halogens is 1. The van der Waals surface area contributed by atoms with Crippen molar-refractivity contribution >= 4 is 38.9 Å². The summed E-state index contributed by atoms with van der Waals surface area (Å²) in [6.45, 7) is 0. The van der Waals surface area contributed by atoms with Crippen molar-refractivity contribution in [2.45, 2.75) is 31.1 Å². The van der Waals surface area contributed by atoms with Crippen LogP contribution in [0, 0.1) is 11.3 Å². The Balaban J connectivity index is 1.58. The van der Waals surface area contributed by atoms with Gasteiger partial charge in [-0.1, -0.05) is 35.9 Å². The number of benzene rings is 2. The Morgan fingerprint density at radius 2 is 2.20 bits per heavy atom. The molecule has 3 aromatic rings. The highest BCUT2D eigenvalue weighted by molar-refractivity contribution is 7.18. The molecule has 0 saturated carbocycles. The summed E-state index contributed by atoms with van der Waals surface area (Å²) in [7, 11) is 0. The van der Waals surface area contributed by atoms with Gasteiger partial charge in [-0.25, -0.2) is 4.98 Å². The SMILES string of the molecule is N#CC(C(=O)CC1CCc2ccccc21)c1nc2cc(Cl)ccc2s1. The number of rotatable bonds is 4. The molecular weight excluding hydrogens is 352 g/mol. The molecule has 25 heavy (non-hydrogen) atoms. The summed E-state index contributed by atoms with van der Waals surface area (Å²) in [6.07, 6.45) is 2.37. The van der Waals surface area contributed by atoms with Gasteiger partial charge in [0.05, 0.1) is 16.3 Å². The number of ketones is 1. The zero-order valence-corrected chi connectivity index (χ0v) is 15.0. The van der Waals surface area contributed by atoms with Crippen LogP contribution in [0.1, 0.15) is 40.8 Å². The third-order valence-corrected chi connectivity index (χ3v) is 6.11. The van der Waals surface area contributed by atoms with Gasteiger partial charge in [-0.2, -0.15) is 5.26 Å².